The Labute approximate surface area is 172 Å². The summed E-state index contributed by atoms with van der Waals surface area (Å²) < 4.78 is 15.2. The topological polar surface area (TPSA) is 37.6 Å². The van der Waals surface area contributed by atoms with Gasteiger partial charge in [0.1, 0.15) is 5.82 Å². The molecule has 4 aromatic rings. The highest BCUT2D eigenvalue weighted by Crippen LogP contribution is 2.29. The zero-order chi connectivity index (χ0) is 20.0. The number of hydrogen-bond acceptors (Lipinski definition) is 3. The van der Waals surface area contributed by atoms with Crippen LogP contribution in [0.1, 0.15) is 23.2 Å². The van der Waals surface area contributed by atoms with Crippen molar-refractivity contribution in [3.05, 3.63) is 76.7 Å². The predicted molar refractivity (Wildman–Crippen MR) is 114 cm³/mol. The molecular formula is C23H20FN3OS. The average molecular weight is 405 g/mol. The van der Waals surface area contributed by atoms with Crippen molar-refractivity contribution in [3.8, 4) is 11.3 Å². The monoisotopic (exact) mass is 405 g/mol. The number of carbonyl (C=O) groups is 1. The largest absolute Gasteiger partial charge is 0.312 e. The zero-order valence-electron chi connectivity index (χ0n) is 16.1. The minimum atomic E-state index is -0.266. The Morgan fingerprint density at radius 3 is 2.86 bits per heavy atom. The summed E-state index contributed by atoms with van der Waals surface area (Å²) in [5, 5.41) is 1.99. The maximum absolute atomic E-state index is 13.2. The van der Waals surface area contributed by atoms with Crippen molar-refractivity contribution in [2.75, 3.05) is 11.4 Å². The normalized spacial score (nSPS) is 13.7. The molecule has 0 saturated carbocycles. The van der Waals surface area contributed by atoms with Crippen molar-refractivity contribution >= 4 is 27.9 Å². The number of anilines is 1. The van der Waals surface area contributed by atoms with Crippen LogP contribution in [0.2, 0.25) is 0 Å². The Balaban J connectivity index is 1.42. The van der Waals surface area contributed by atoms with Crippen molar-refractivity contribution < 1.29 is 9.18 Å². The second-order valence-corrected chi connectivity index (χ2v) is 8.31. The summed E-state index contributed by atoms with van der Waals surface area (Å²) in [7, 11) is 0. The first-order chi connectivity index (χ1) is 14.1. The number of aryl methyl sites for hydroxylation is 2. The molecule has 2 aromatic heterocycles. The van der Waals surface area contributed by atoms with E-state index in [-0.39, 0.29) is 11.7 Å². The van der Waals surface area contributed by atoms with Gasteiger partial charge in [0.2, 0.25) is 5.91 Å². The number of benzene rings is 2. The lowest BCUT2D eigenvalue weighted by atomic mass is 9.99. The van der Waals surface area contributed by atoms with Crippen LogP contribution in [-0.2, 0) is 17.6 Å². The van der Waals surface area contributed by atoms with E-state index in [4.69, 9.17) is 0 Å². The first-order valence-electron chi connectivity index (χ1n) is 9.70. The minimum Gasteiger partial charge on any atom is -0.312 e. The minimum absolute atomic E-state index is 0.103. The van der Waals surface area contributed by atoms with Gasteiger partial charge < -0.3 is 4.90 Å². The second-order valence-electron chi connectivity index (χ2n) is 7.47. The van der Waals surface area contributed by atoms with E-state index in [0.717, 1.165) is 47.0 Å². The summed E-state index contributed by atoms with van der Waals surface area (Å²) >= 11 is 1.52. The van der Waals surface area contributed by atoms with Gasteiger partial charge in [-0.25, -0.2) is 9.37 Å². The summed E-state index contributed by atoms with van der Waals surface area (Å²) in [6, 6.07) is 12.6. The van der Waals surface area contributed by atoms with E-state index in [2.05, 4.69) is 30.1 Å². The van der Waals surface area contributed by atoms with Gasteiger partial charge in [-0.1, -0.05) is 17.7 Å². The third kappa shape index (κ3) is 3.34. The summed E-state index contributed by atoms with van der Waals surface area (Å²) in [5.74, 6) is -0.162. The maximum atomic E-state index is 13.2. The Morgan fingerprint density at radius 1 is 1.21 bits per heavy atom. The molecule has 0 aliphatic carbocycles. The predicted octanol–water partition coefficient (Wildman–Crippen LogP) is 5.03. The molecule has 1 aliphatic rings. The number of halogens is 1. The number of fused-ring (bicyclic) bond motifs is 2. The van der Waals surface area contributed by atoms with Gasteiger partial charge in [0, 0.05) is 35.1 Å². The molecule has 5 rings (SSSR count). The van der Waals surface area contributed by atoms with Crippen LogP contribution in [0.25, 0.3) is 16.2 Å². The number of carbonyl (C=O) groups excluding carboxylic acids is 1. The zero-order valence-corrected chi connectivity index (χ0v) is 16.9. The van der Waals surface area contributed by atoms with Gasteiger partial charge in [0.25, 0.3) is 0 Å². The van der Waals surface area contributed by atoms with Crippen LogP contribution in [-0.4, -0.2) is 21.8 Å². The number of amides is 1. The lowest BCUT2D eigenvalue weighted by Gasteiger charge is -2.29. The van der Waals surface area contributed by atoms with Gasteiger partial charge in [0.15, 0.2) is 4.96 Å². The molecule has 0 radical (unpaired) electrons. The Bertz CT molecular complexity index is 1210. The molecule has 0 saturated heterocycles. The van der Waals surface area contributed by atoms with Gasteiger partial charge in [-0.3, -0.25) is 9.20 Å². The number of thiazole rings is 1. The highest BCUT2D eigenvalue weighted by Gasteiger charge is 2.23. The lowest BCUT2D eigenvalue weighted by molar-refractivity contribution is -0.118. The molecule has 0 atom stereocenters. The molecule has 0 N–H and O–H groups in total. The van der Waals surface area contributed by atoms with Crippen LogP contribution in [0.5, 0.6) is 0 Å². The fourth-order valence-corrected chi connectivity index (χ4v) is 4.82. The van der Waals surface area contributed by atoms with E-state index in [1.165, 1.54) is 34.6 Å². The van der Waals surface area contributed by atoms with E-state index in [0.29, 0.717) is 6.42 Å². The van der Waals surface area contributed by atoms with Crippen molar-refractivity contribution in [1.29, 1.82) is 0 Å². The highest BCUT2D eigenvalue weighted by atomic mass is 32.1. The third-order valence-corrected chi connectivity index (χ3v) is 6.30. The molecule has 3 heterocycles. The molecule has 0 unspecified atom stereocenters. The molecule has 0 fully saturated rings. The van der Waals surface area contributed by atoms with Crippen molar-refractivity contribution in [1.82, 2.24) is 9.38 Å². The molecule has 0 bridgehead atoms. The van der Waals surface area contributed by atoms with Gasteiger partial charge in [0.05, 0.1) is 12.1 Å². The first kappa shape index (κ1) is 18.1. The number of rotatable bonds is 3. The van der Waals surface area contributed by atoms with Crippen LogP contribution < -0.4 is 4.90 Å². The quantitative estimate of drug-likeness (QED) is 0.479. The number of aromatic nitrogens is 2. The number of hydrogen-bond donors (Lipinski definition) is 0. The van der Waals surface area contributed by atoms with Crippen molar-refractivity contribution in [2.24, 2.45) is 0 Å². The molecule has 146 valence electrons. The van der Waals surface area contributed by atoms with Crippen molar-refractivity contribution in [3.63, 3.8) is 0 Å². The van der Waals surface area contributed by atoms with Crippen LogP contribution in [0, 0.1) is 12.7 Å². The molecule has 2 aromatic carbocycles. The molecule has 0 spiro atoms. The average Bonchev–Trinajstić information content (AvgIpc) is 3.30. The second kappa shape index (κ2) is 7.12. The fourth-order valence-electron chi connectivity index (χ4n) is 3.95. The summed E-state index contributed by atoms with van der Waals surface area (Å²) in [5.41, 5.74) is 6.08. The Hall–Kier alpha value is -2.99. The maximum Gasteiger partial charge on any atom is 0.232 e. The van der Waals surface area contributed by atoms with Crippen LogP contribution in [0.4, 0.5) is 10.1 Å². The number of imidazole rings is 1. The molecule has 29 heavy (non-hydrogen) atoms. The SMILES string of the molecule is Cc1ccc2c(c1)CCCN2C(=O)Cc1csc2nc(-c3ccc(F)cc3)cn12. The van der Waals surface area contributed by atoms with Gasteiger partial charge in [-0.05, 0) is 55.7 Å². The summed E-state index contributed by atoms with van der Waals surface area (Å²) in [4.78, 5) is 20.5. The van der Waals surface area contributed by atoms with Gasteiger partial charge >= 0.3 is 0 Å². The highest BCUT2D eigenvalue weighted by molar-refractivity contribution is 7.15. The van der Waals surface area contributed by atoms with E-state index in [9.17, 15) is 9.18 Å². The molecular weight excluding hydrogens is 385 g/mol. The molecule has 4 nitrogen and oxygen atoms in total. The van der Waals surface area contributed by atoms with Gasteiger partial charge in [-0.15, -0.1) is 11.3 Å². The standard InChI is InChI=1S/C23H20FN3OS/c1-15-4-9-21-17(11-15)3-2-10-26(21)22(28)12-19-14-29-23-25-20(13-27(19)23)16-5-7-18(24)8-6-16/h4-9,11,13-14H,2-3,10,12H2,1H3. The molecule has 1 aliphatic heterocycles. The van der Waals surface area contributed by atoms with E-state index < -0.39 is 0 Å². The van der Waals surface area contributed by atoms with Crippen LogP contribution in [0.3, 0.4) is 0 Å². The summed E-state index contributed by atoms with van der Waals surface area (Å²) in [6.45, 7) is 2.84. The van der Waals surface area contributed by atoms with E-state index in [1.807, 2.05) is 20.9 Å². The first-order valence-corrected chi connectivity index (χ1v) is 10.6. The molecule has 6 heteroatoms. The lowest BCUT2D eigenvalue weighted by Crippen LogP contribution is -2.36. The molecule has 1 amide bonds. The van der Waals surface area contributed by atoms with Crippen molar-refractivity contribution in [2.45, 2.75) is 26.2 Å². The van der Waals surface area contributed by atoms with Gasteiger partial charge in [-0.2, -0.15) is 0 Å². The smallest absolute Gasteiger partial charge is 0.232 e. The van der Waals surface area contributed by atoms with E-state index in [1.54, 1.807) is 12.1 Å². The number of nitrogens with zero attached hydrogens (tertiary/aromatic N) is 3. The summed E-state index contributed by atoms with van der Waals surface area (Å²) in [6.07, 6.45) is 4.26. The Kier molecular flexibility index (Phi) is 4.43. The fraction of sp³-hybridized carbons (Fsp3) is 0.217. The van der Waals surface area contributed by atoms with E-state index >= 15 is 0 Å². The third-order valence-electron chi connectivity index (χ3n) is 5.41. The van der Waals surface area contributed by atoms with Crippen LogP contribution >= 0.6 is 11.3 Å². The Morgan fingerprint density at radius 2 is 2.03 bits per heavy atom. The van der Waals surface area contributed by atoms with Crippen LogP contribution in [0.15, 0.2) is 54.0 Å².